The molecule has 0 radical (unpaired) electrons. The summed E-state index contributed by atoms with van der Waals surface area (Å²) in [5.74, 6) is 0.741. The molecule has 7 heteroatoms. The molecule has 1 amide bonds. The van der Waals surface area contributed by atoms with E-state index in [1.807, 2.05) is 23.1 Å². The third kappa shape index (κ3) is 2.69. The molecule has 6 nitrogen and oxygen atoms in total. The molecule has 3 aliphatic rings. The minimum Gasteiger partial charge on any atom is -0.497 e. The van der Waals surface area contributed by atoms with Crippen LogP contribution >= 0.6 is 0 Å². The topological polar surface area (TPSA) is 66.9 Å². The van der Waals surface area contributed by atoms with Gasteiger partial charge < -0.3 is 9.64 Å². The molecule has 2 aliphatic heterocycles. The summed E-state index contributed by atoms with van der Waals surface area (Å²) in [7, 11) is -1.48. The van der Waals surface area contributed by atoms with E-state index in [1.54, 1.807) is 7.11 Å². The summed E-state index contributed by atoms with van der Waals surface area (Å²) >= 11 is 0. The van der Waals surface area contributed by atoms with Gasteiger partial charge in [-0.3, -0.25) is 4.79 Å². The minimum atomic E-state index is -3.13. The maximum Gasteiger partial charge on any atom is 0.228 e. The van der Waals surface area contributed by atoms with Gasteiger partial charge in [0.15, 0.2) is 0 Å². The molecule has 1 aromatic carbocycles. The Hall–Kier alpha value is -1.60. The van der Waals surface area contributed by atoms with Crippen LogP contribution in [0.25, 0.3) is 0 Å². The van der Waals surface area contributed by atoms with Crippen molar-refractivity contribution in [2.24, 2.45) is 5.92 Å². The molecule has 130 valence electrons. The predicted molar refractivity (Wildman–Crippen MR) is 89.1 cm³/mol. The molecule has 0 atom stereocenters. The number of nitrogens with zero attached hydrogens (tertiary/aromatic N) is 2. The second kappa shape index (κ2) is 5.74. The van der Waals surface area contributed by atoms with Crippen molar-refractivity contribution in [3.8, 4) is 5.75 Å². The van der Waals surface area contributed by atoms with Gasteiger partial charge in [-0.25, -0.2) is 8.42 Å². The van der Waals surface area contributed by atoms with Crippen LogP contribution in [0.5, 0.6) is 5.75 Å². The molecule has 24 heavy (non-hydrogen) atoms. The van der Waals surface area contributed by atoms with Gasteiger partial charge in [0.2, 0.25) is 15.9 Å². The zero-order chi connectivity index (χ0) is 16.9. The molecule has 0 spiro atoms. The lowest BCUT2D eigenvalue weighted by atomic mass is 9.96. The molecule has 0 aromatic heterocycles. The van der Waals surface area contributed by atoms with Gasteiger partial charge in [-0.1, -0.05) is 6.07 Å². The molecule has 0 unspecified atom stereocenters. The number of hydrogen-bond donors (Lipinski definition) is 0. The Kier molecular flexibility index (Phi) is 3.80. The van der Waals surface area contributed by atoms with Crippen molar-refractivity contribution >= 4 is 15.9 Å². The van der Waals surface area contributed by atoms with E-state index in [0.717, 1.165) is 30.6 Å². The molecule has 1 aromatic rings. The molecule has 4 rings (SSSR count). The zero-order valence-electron chi connectivity index (χ0n) is 13.8. The van der Waals surface area contributed by atoms with Gasteiger partial charge in [-0.2, -0.15) is 4.31 Å². The van der Waals surface area contributed by atoms with E-state index in [4.69, 9.17) is 4.74 Å². The zero-order valence-corrected chi connectivity index (χ0v) is 14.6. The molecule has 1 saturated heterocycles. The highest BCUT2D eigenvalue weighted by Gasteiger charge is 2.47. The summed E-state index contributed by atoms with van der Waals surface area (Å²) in [6.07, 6.45) is 2.35. The van der Waals surface area contributed by atoms with E-state index < -0.39 is 10.0 Å². The maximum atomic E-state index is 12.7. The lowest BCUT2D eigenvalue weighted by molar-refractivity contribution is -0.139. The highest BCUT2D eigenvalue weighted by molar-refractivity contribution is 7.90. The van der Waals surface area contributed by atoms with Crippen molar-refractivity contribution in [1.82, 2.24) is 9.21 Å². The van der Waals surface area contributed by atoms with E-state index in [-0.39, 0.29) is 17.1 Å². The van der Waals surface area contributed by atoms with E-state index in [1.165, 1.54) is 9.87 Å². The number of amides is 1. The molecule has 1 aliphatic carbocycles. The lowest BCUT2D eigenvalue weighted by Crippen LogP contribution is -2.57. The predicted octanol–water partition coefficient (Wildman–Crippen LogP) is 1.00. The van der Waals surface area contributed by atoms with E-state index in [0.29, 0.717) is 26.2 Å². The van der Waals surface area contributed by atoms with Crippen molar-refractivity contribution in [1.29, 1.82) is 0 Å². The van der Waals surface area contributed by atoms with Crippen molar-refractivity contribution in [3.63, 3.8) is 0 Å². The Balaban J connectivity index is 1.38. The summed E-state index contributed by atoms with van der Waals surface area (Å²) in [5.41, 5.74) is 2.38. The number of carbonyl (C=O) groups excluding carboxylic acids is 1. The highest BCUT2D eigenvalue weighted by Crippen LogP contribution is 2.35. The van der Waals surface area contributed by atoms with Crippen molar-refractivity contribution in [2.45, 2.75) is 31.1 Å². The van der Waals surface area contributed by atoms with Crippen molar-refractivity contribution < 1.29 is 17.9 Å². The highest BCUT2D eigenvalue weighted by atomic mass is 32.2. The smallest absolute Gasteiger partial charge is 0.228 e. The number of sulfonamides is 1. The number of ether oxygens (including phenoxy) is 1. The molecule has 2 fully saturated rings. The molecular formula is C17H22N2O4S. The van der Waals surface area contributed by atoms with Gasteiger partial charge in [0.25, 0.3) is 0 Å². The van der Waals surface area contributed by atoms with Gasteiger partial charge in [0.05, 0.1) is 18.3 Å². The Morgan fingerprint density at radius 1 is 1.21 bits per heavy atom. The summed E-state index contributed by atoms with van der Waals surface area (Å²) in [5, 5.41) is -0.189. The van der Waals surface area contributed by atoms with Crippen LogP contribution in [0.1, 0.15) is 24.0 Å². The summed E-state index contributed by atoms with van der Waals surface area (Å²) < 4.78 is 31.0. The third-order valence-electron chi connectivity index (χ3n) is 5.24. The van der Waals surface area contributed by atoms with Gasteiger partial charge >= 0.3 is 0 Å². The Bertz CT molecular complexity index is 767. The fraction of sp³-hybridized carbons (Fsp3) is 0.588. The first-order valence-corrected chi connectivity index (χ1v) is 9.93. The van der Waals surface area contributed by atoms with Crippen molar-refractivity contribution in [2.75, 3.05) is 26.7 Å². The summed E-state index contributed by atoms with van der Waals surface area (Å²) in [6, 6.07) is 5.96. The maximum absolute atomic E-state index is 12.7. The number of methoxy groups -OCH3 is 1. The first kappa shape index (κ1) is 15.9. The number of hydrogen-bond acceptors (Lipinski definition) is 4. The standard InChI is InChI=1S/C17H22N2O4S/c1-23-15-3-2-13-9-18(7-6-12(13)8-15)17(20)14-10-19(11-14)24(21,22)16-4-5-16/h2-3,8,14,16H,4-7,9-11H2,1H3. The van der Waals surface area contributed by atoms with Crippen molar-refractivity contribution in [3.05, 3.63) is 29.3 Å². The van der Waals surface area contributed by atoms with Crippen LogP contribution < -0.4 is 4.74 Å². The fourth-order valence-electron chi connectivity index (χ4n) is 3.48. The fourth-order valence-corrected chi connectivity index (χ4v) is 5.41. The molecule has 0 bridgehead atoms. The average molecular weight is 350 g/mol. The first-order chi connectivity index (χ1) is 11.5. The largest absolute Gasteiger partial charge is 0.497 e. The van der Waals surface area contributed by atoms with Crippen LogP contribution in [0.15, 0.2) is 18.2 Å². The van der Waals surface area contributed by atoms with E-state index >= 15 is 0 Å². The molecular weight excluding hydrogens is 328 g/mol. The lowest BCUT2D eigenvalue weighted by Gasteiger charge is -2.40. The Labute approximate surface area is 142 Å². The summed E-state index contributed by atoms with van der Waals surface area (Å²) in [6.45, 7) is 1.99. The molecule has 1 saturated carbocycles. The van der Waals surface area contributed by atoms with Crippen LogP contribution in [0.2, 0.25) is 0 Å². The van der Waals surface area contributed by atoms with Crippen LogP contribution in [-0.4, -0.2) is 55.5 Å². The normalized spacial score (nSPS) is 22.0. The number of fused-ring (bicyclic) bond motifs is 1. The van der Waals surface area contributed by atoms with Gasteiger partial charge in [-0.05, 0) is 42.5 Å². The average Bonchev–Trinajstić information content (AvgIpc) is 3.37. The van der Waals surface area contributed by atoms with Gasteiger partial charge in [0, 0.05) is 26.2 Å². The first-order valence-electron chi connectivity index (χ1n) is 8.42. The minimum absolute atomic E-state index is 0.0821. The number of benzene rings is 1. The molecule has 0 N–H and O–H groups in total. The second-order valence-electron chi connectivity index (χ2n) is 6.90. The Morgan fingerprint density at radius 2 is 1.96 bits per heavy atom. The molecule has 2 heterocycles. The third-order valence-corrected chi connectivity index (χ3v) is 7.57. The second-order valence-corrected chi connectivity index (χ2v) is 9.12. The van der Waals surface area contributed by atoms with Gasteiger partial charge in [0.1, 0.15) is 5.75 Å². The van der Waals surface area contributed by atoms with E-state index in [2.05, 4.69) is 0 Å². The van der Waals surface area contributed by atoms with E-state index in [9.17, 15) is 13.2 Å². The van der Waals surface area contributed by atoms with Crippen LogP contribution in [0.4, 0.5) is 0 Å². The number of rotatable bonds is 4. The quantitative estimate of drug-likeness (QED) is 0.813. The SMILES string of the molecule is COc1ccc2c(c1)CCN(C(=O)C1CN(S(=O)(=O)C3CC3)C1)C2. The number of carbonyl (C=O) groups is 1. The van der Waals surface area contributed by atoms with Crippen LogP contribution in [0.3, 0.4) is 0 Å². The van der Waals surface area contributed by atoms with Crippen LogP contribution in [-0.2, 0) is 27.8 Å². The van der Waals surface area contributed by atoms with Crippen LogP contribution in [0, 0.1) is 5.92 Å². The monoisotopic (exact) mass is 350 g/mol. The van der Waals surface area contributed by atoms with Gasteiger partial charge in [-0.15, -0.1) is 0 Å². The summed E-state index contributed by atoms with van der Waals surface area (Å²) in [4.78, 5) is 14.5. The Morgan fingerprint density at radius 3 is 2.62 bits per heavy atom.